The van der Waals surface area contributed by atoms with Crippen LogP contribution in [-0.4, -0.2) is 76.1 Å². The molecule has 0 spiro atoms. The molecule has 0 saturated carbocycles. The number of carbonyl (C=O) groups is 6. The van der Waals surface area contributed by atoms with Gasteiger partial charge in [0.05, 0.1) is 30.2 Å². The van der Waals surface area contributed by atoms with E-state index >= 15 is 0 Å². The van der Waals surface area contributed by atoms with Crippen LogP contribution in [0.25, 0.3) is 21.0 Å². The summed E-state index contributed by atoms with van der Waals surface area (Å²) in [6, 6.07) is 13.9. The highest BCUT2D eigenvalue weighted by molar-refractivity contribution is 7.18. The number of rotatable bonds is 15. The Kier molecular flexibility index (Phi) is 11.8. The van der Waals surface area contributed by atoms with E-state index in [4.69, 9.17) is 16.7 Å². The Morgan fingerprint density at radius 2 is 1.55 bits per heavy atom. The van der Waals surface area contributed by atoms with Crippen molar-refractivity contribution in [1.82, 2.24) is 20.9 Å². The van der Waals surface area contributed by atoms with E-state index in [9.17, 15) is 33.9 Å². The highest BCUT2D eigenvalue weighted by Crippen LogP contribution is 2.25. The molecule has 246 valence electrons. The van der Waals surface area contributed by atoms with Gasteiger partial charge in [-0.1, -0.05) is 54.1 Å². The number of hydrogen-bond donors (Lipinski definition) is 5. The summed E-state index contributed by atoms with van der Waals surface area (Å²) in [6.45, 7) is 0. The number of halogens is 1. The van der Waals surface area contributed by atoms with Gasteiger partial charge in [-0.2, -0.15) is 0 Å². The van der Waals surface area contributed by atoms with Crippen LogP contribution in [0.15, 0.2) is 60.7 Å². The summed E-state index contributed by atoms with van der Waals surface area (Å²) in [6.07, 6.45) is -1.86. The van der Waals surface area contributed by atoms with Gasteiger partial charge >= 0.3 is 17.9 Å². The number of amides is 3. The number of esters is 1. The number of benzene rings is 3. The first-order valence-electron chi connectivity index (χ1n) is 14.4. The first-order chi connectivity index (χ1) is 22.4. The molecule has 1 aromatic heterocycles. The van der Waals surface area contributed by atoms with Gasteiger partial charge in [0.25, 0.3) is 0 Å². The van der Waals surface area contributed by atoms with Crippen LogP contribution in [0.5, 0.6) is 0 Å². The maximum atomic E-state index is 13.7. The molecular weight excluding hydrogens is 652 g/mol. The molecule has 13 nitrogen and oxygen atoms in total. The zero-order valence-electron chi connectivity index (χ0n) is 25.0. The van der Waals surface area contributed by atoms with Gasteiger partial charge in [-0.15, -0.1) is 11.3 Å². The number of nitrogens with one attached hydrogen (secondary N) is 3. The van der Waals surface area contributed by atoms with E-state index < -0.39 is 66.6 Å². The zero-order valence-corrected chi connectivity index (χ0v) is 26.6. The highest BCUT2D eigenvalue weighted by atomic mass is 35.5. The van der Waals surface area contributed by atoms with Gasteiger partial charge in [-0.05, 0) is 41.0 Å². The summed E-state index contributed by atoms with van der Waals surface area (Å²) in [5.74, 6) is -6.06. The van der Waals surface area contributed by atoms with Crippen molar-refractivity contribution in [3.63, 3.8) is 0 Å². The van der Waals surface area contributed by atoms with Gasteiger partial charge in [0, 0.05) is 17.9 Å². The van der Waals surface area contributed by atoms with E-state index in [1.165, 1.54) is 11.3 Å². The van der Waals surface area contributed by atoms with Crippen LogP contribution in [0.2, 0.25) is 5.02 Å². The molecule has 0 saturated heterocycles. The minimum Gasteiger partial charge on any atom is -0.481 e. The molecule has 0 aliphatic heterocycles. The van der Waals surface area contributed by atoms with Crippen molar-refractivity contribution in [1.29, 1.82) is 0 Å². The van der Waals surface area contributed by atoms with E-state index in [2.05, 4.69) is 25.7 Å². The van der Waals surface area contributed by atoms with E-state index in [1.54, 1.807) is 24.3 Å². The minimum absolute atomic E-state index is 0.0112. The number of carboxylic acid groups (broad SMARTS) is 2. The number of ether oxygens (including phenoxy) is 1. The Hall–Kier alpha value is -5.08. The first-order valence-corrected chi connectivity index (χ1v) is 15.6. The van der Waals surface area contributed by atoms with Crippen LogP contribution in [0.3, 0.4) is 0 Å². The number of thiazole rings is 1. The Balaban J connectivity index is 1.56. The average molecular weight is 683 g/mol. The number of nitrogens with zero attached hydrogens (tertiary/aromatic N) is 1. The SMILES string of the molecule is COC(=O)[C@H](CCC(=O)O)NC(=O)[C@H](CC(=O)O)NC(=O)[C@H](Cc1ccc2ccccc2c1)NC(=O)Cc1nc2ccc(Cl)cc2s1. The summed E-state index contributed by atoms with van der Waals surface area (Å²) in [5, 5.41) is 28.7. The van der Waals surface area contributed by atoms with Gasteiger partial charge in [-0.25, -0.2) is 9.78 Å². The quantitative estimate of drug-likeness (QED) is 0.116. The van der Waals surface area contributed by atoms with E-state index in [-0.39, 0.29) is 19.3 Å². The molecule has 0 aliphatic carbocycles. The van der Waals surface area contributed by atoms with E-state index in [0.29, 0.717) is 21.1 Å². The number of aliphatic carboxylic acids is 2. The number of fused-ring (bicyclic) bond motifs is 2. The number of hydrogen-bond acceptors (Lipinski definition) is 9. The van der Waals surface area contributed by atoms with Crippen molar-refractivity contribution in [2.45, 2.75) is 50.2 Å². The summed E-state index contributed by atoms with van der Waals surface area (Å²) in [5.41, 5.74) is 1.33. The lowest BCUT2D eigenvalue weighted by molar-refractivity contribution is -0.146. The Morgan fingerprint density at radius 1 is 0.851 bits per heavy atom. The maximum Gasteiger partial charge on any atom is 0.328 e. The summed E-state index contributed by atoms with van der Waals surface area (Å²) < 4.78 is 5.41. The lowest BCUT2D eigenvalue weighted by Gasteiger charge is -2.24. The third-order valence-corrected chi connectivity index (χ3v) is 8.33. The Morgan fingerprint density at radius 3 is 2.26 bits per heavy atom. The molecule has 0 aliphatic rings. The average Bonchev–Trinajstić information content (AvgIpc) is 3.42. The fourth-order valence-corrected chi connectivity index (χ4v) is 6.04. The molecule has 0 unspecified atom stereocenters. The van der Waals surface area contributed by atoms with Crippen molar-refractivity contribution in [2.75, 3.05) is 7.11 Å². The topological polar surface area (TPSA) is 201 Å². The second kappa shape index (κ2) is 16.0. The van der Waals surface area contributed by atoms with Crippen molar-refractivity contribution in [3.8, 4) is 0 Å². The Labute approximate surface area is 277 Å². The Bertz CT molecular complexity index is 1830. The van der Waals surface area contributed by atoms with Crippen molar-refractivity contribution < 1.29 is 43.7 Å². The molecule has 4 aromatic rings. The predicted octanol–water partition coefficient (Wildman–Crippen LogP) is 2.86. The number of carbonyl (C=O) groups excluding carboxylic acids is 4. The van der Waals surface area contributed by atoms with Crippen LogP contribution in [0.1, 0.15) is 29.8 Å². The normalized spacial score (nSPS) is 12.9. The molecule has 0 fully saturated rings. The fraction of sp³-hybridized carbons (Fsp3) is 0.281. The van der Waals surface area contributed by atoms with Gasteiger partial charge in [0.1, 0.15) is 23.1 Å². The highest BCUT2D eigenvalue weighted by Gasteiger charge is 2.32. The number of methoxy groups -OCH3 is 1. The van der Waals surface area contributed by atoms with Gasteiger partial charge in [0.15, 0.2) is 0 Å². The van der Waals surface area contributed by atoms with Crippen LogP contribution in [0, 0.1) is 0 Å². The first kappa shape index (κ1) is 34.8. The third kappa shape index (κ3) is 9.95. The molecule has 3 aromatic carbocycles. The molecule has 0 bridgehead atoms. The molecule has 47 heavy (non-hydrogen) atoms. The number of carboxylic acids is 2. The molecule has 1 heterocycles. The van der Waals surface area contributed by atoms with Crippen LogP contribution >= 0.6 is 22.9 Å². The fourth-order valence-electron chi connectivity index (χ4n) is 4.80. The standard InChI is InChI=1S/C32H31ClN4O9S/c1-46-32(45)22(10-11-28(39)40)36-31(44)24(15-29(41)42)37-30(43)23(13-17-6-7-18-4-2-3-5-19(18)12-17)34-26(38)16-27-35-21-9-8-20(33)14-25(21)47-27/h2-9,12,14,22-24H,10-11,13,15-16H2,1H3,(H,34,38)(H,36,44)(H,37,43)(H,39,40)(H,41,42)/t22-,23-,24-/m0/s1. The van der Waals surface area contributed by atoms with Crippen LogP contribution in [-0.2, 0) is 46.3 Å². The monoisotopic (exact) mass is 682 g/mol. The summed E-state index contributed by atoms with van der Waals surface area (Å²) in [7, 11) is 1.04. The molecule has 3 atom stereocenters. The van der Waals surface area contributed by atoms with E-state index in [0.717, 1.165) is 22.6 Å². The van der Waals surface area contributed by atoms with Crippen molar-refractivity contribution in [2.24, 2.45) is 0 Å². The van der Waals surface area contributed by atoms with Crippen molar-refractivity contribution in [3.05, 3.63) is 76.3 Å². The predicted molar refractivity (Wildman–Crippen MR) is 173 cm³/mol. The zero-order chi connectivity index (χ0) is 34.1. The largest absolute Gasteiger partial charge is 0.481 e. The lowest BCUT2D eigenvalue weighted by atomic mass is 10.0. The van der Waals surface area contributed by atoms with Crippen LogP contribution < -0.4 is 16.0 Å². The van der Waals surface area contributed by atoms with Gasteiger partial charge < -0.3 is 30.9 Å². The maximum absolute atomic E-state index is 13.7. The van der Waals surface area contributed by atoms with Crippen molar-refractivity contribution >= 4 is 79.6 Å². The minimum atomic E-state index is -1.68. The molecule has 15 heteroatoms. The molecular formula is C32H31ClN4O9S. The smallest absolute Gasteiger partial charge is 0.328 e. The second-order valence-electron chi connectivity index (χ2n) is 10.6. The number of aromatic nitrogens is 1. The van der Waals surface area contributed by atoms with Gasteiger partial charge in [0.2, 0.25) is 17.7 Å². The van der Waals surface area contributed by atoms with Gasteiger partial charge in [-0.3, -0.25) is 24.0 Å². The second-order valence-corrected chi connectivity index (χ2v) is 12.1. The molecule has 4 rings (SSSR count). The van der Waals surface area contributed by atoms with E-state index in [1.807, 2.05) is 36.4 Å². The molecule has 3 amide bonds. The molecule has 0 radical (unpaired) electrons. The summed E-state index contributed by atoms with van der Waals surface area (Å²) >= 11 is 7.34. The summed E-state index contributed by atoms with van der Waals surface area (Å²) in [4.78, 5) is 79.4. The van der Waals surface area contributed by atoms with Crippen LogP contribution in [0.4, 0.5) is 0 Å². The molecule has 5 N–H and O–H groups in total. The third-order valence-electron chi connectivity index (χ3n) is 7.07. The lowest BCUT2D eigenvalue weighted by Crippen LogP contribution is -2.57.